The minimum absolute atomic E-state index is 0.269. The number of thiophene rings is 1. The Morgan fingerprint density at radius 2 is 2.06 bits per heavy atom. The van der Waals surface area contributed by atoms with Crippen molar-refractivity contribution in [2.75, 3.05) is 0 Å². The second-order valence-corrected chi connectivity index (χ2v) is 7.63. The molecule has 2 rings (SSSR count). The van der Waals surface area contributed by atoms with Crippen LogP contribution in [0.4, 0.5) is 0 Å². The van der Waals surface area contributed by atoms with E-state index in [0.29, 0.717) is 4.21 Å². The fraction of sp³-hybridized carbons (Fsp3) is 0.167. The van der Waals surface area contributed by atoms with E-state index >= 15 is 0 Å². The molecule has 0 fully saturated rings. The van der Waals surface area contributed by atoms with E-state index in [-0.39, 0.29) is 6.04 Å². The number of benzene rings is 1. The van der Waals surface area contributed by atoms with Crippen LogP contribution in [0.25, 0.3) is 0 Å². The van der Waals surface area contributed by atoms with E-state index in [9.17, 15) is 8.42 Å². The van der Waals surface area contributed by atoms with Crippen LogP contribution in [0.5, 0.6) is 0 Å². The third-order valence-electron chi connectivity index (χ3n) is 2.44. The fourth-order valence-electron chi connectivity index (χ4n) is 1.55. The zero-order chi connectivity index (χ0) is 13.2. The number of rotatable bonds is 4. The molecule has 1 heterocycles. The van der Waals surface area contributed by atoms with Crippen LogP contribution in [0, 0.1) is 0 Å². The third-order valence-corrected chi connectivity index (χ3v) is 5.87. The molecule has 6 heteroatoms. The topological polar surface area (TPSA) is 46.2 Å². The van der Waals surface area contributed by atoms with Crippen molar-refractivity contribution in [1.82, 2.24) is 4.72 Å². The van der Waals surface area contributed by atoms with Crippen LogP contribution < -0.4 is 4.72 Å². The SMILES string of the molecule is CC(NS(=O)(=O)c1cccs1)c1cccc(Br)c1. The lowest BCUT2D eigenvalue weighted by molar-refractivity contribution is 0.569. The highest BCUT2D eigenvalue weighted by molar-refractivity contribution is 9.10. The van der Waals surface area contributed by atoms with Gasteiger partial charge in [0.25, 0.3) is 10.0 Å². The minimum atomic E-state index is -3.42. The van der Waals surface area contributed by atoms with Gasteiger partial charge in [0.05, 0.1) is 0 Å². The van der Waals surface area contributed by atoms with Gasteiger partial charge in [-0.25, -0.2) is 13.1 Å². The molecule has 1 unspecified atom stereocenters. The first-order valence-electron chi connectivity index (χ1n) is 5.30. The lowest BCUT2D eigenvalue weighted by Crippen LogP contribution is -2.26. The van der Waals surface area contributed by atoms with Gasteiger partial charge in [0, 0.05) is 10.5 Å². The number of sulfonamides is 1. The normalized spacial score (nSPS) is 13.4. The quantitative estimate of drug-likeness (QED) is 0.920. The summed E-state index contributed by atoms with van der Waals surface area (Å²) in [5.41, 5.74) is 0.921. The van der Waals surface area contributed by atoms with Crippen molar-refractivity contribution >= 4 is 37.3 Å². The first-order chi connectivity index (χ1) is 8.49. The Balaban J connectivity index is 2.20. The average Bonchev–Trinajstić information content (AvgIpc) is 2.82. The van der Waals surface area contributed by atoms with Gasteiger partial charge in [-0.15, -0.1) is 11.3 Å². The summed E-state index contributed by atoms with van der Waals surface area (Å²) in [6.07, 6.45) is 0. The fourth-order valence-corrected chi connectivity index (χ4v) is 4.21. The van der Waals surface area contributed by atoms with Crippen molar-refractivity contribution in [3.8, 4) is 0 Å². The molecule has 0 aliphatic heterocycles. The first kappa shape index (κ1) is 13.7. The molecule has 0 bridgehead atoms. The predicted octanol–water partition coefficient (Wildman–Crippen LogP) is 3.55. The maximum atomic E-state index is 12.0. The van der Waals surface area contributed by atoms with Crippen LogP contribution in [0.2, 0.25) is 0 Å². The molecular weight excluding hydrogens is 334 g/mol. The number of hydrogen-bond donors (Lipinski definition) is 1. The Bertz CT molecular complexity index is 623. The van der Waals surface area contributed by atoms with Gasteiger partial charge in [-0.3, -0.25) is 0 Å². The predicted molar refractivity (Wildman–Crippen MR) is 77.2 cm³/mol. The van der Waals surface area contributed by atoms with Crippen LogP contribution in [0.15, 0.2) is 50.5 Å². The van der Waals surface area contributed by atoms with Crippen molar-refractivity contribution in [3.63, 3.8) is 0 Å². The highest BCUT2D eigenvalue weighted by Gasteiger charge is 2.19. The minimum Gasteiger partial charge on any atom is -0.206 e. The molecule has 1 N–H and O–H groups in total. The molecule has 18 heavy (non-hydrogen) atoms. The zero-order valence-corrected chi connectivity index (χ0v) is 12.8. The largest absolute Gasteiger partial charge is 0.250 e. The average molecular weight is 346 g/mol. The Morgan fingerprint density at radius 3 is 2.67 bits per heavy atom. The van der Waals surface area contributed by atoms with Gasteiger partial charge in [-0.1, -0.05) is 34.1 Å². The van der Waals surface area contributed by atoms with Gasteiger partial charge in [-0.05, 0) is 36.1 Å². The van der Waals surface area contributed by atoms with Crippen LogP contribution in [-0.2, 0) is 10.0 Å². The van der Waals surface area contributed by atoms with Crippen LogP contribution >= 0.6 is 27.3 Å². The number of halogens is 1. The molecule has 1 aromatic heterocycles. The molecule has 1 aromatic carbocycles. The van der Waals surface area contributed by atoms with Crippen LogP contribution in [-0.4, -0.2) is 8.42 Å². The van der Waals surface area contributed by atoms with Crippen LogP contribution in [0.1, 0.15) is 18.5 Å². The Kier molecular flexibility index (Phi) is 4.21. The summed E-state index contributed by atoms with van der Waals surface area (Å²) in [6.45, 7) is 1.83. The lowest BCUT2D eigenvalue weighted by Gasteiger charge is -2.14. The van der Waals surface area contributed by atoms with Crippen molar-refractivity contribution in [3.05, 3.63) is 51.8 Å². The summed E-state index contributed by atoms with van der Waals surface area (Å²) in [5.74, 6) is 0. The summed E-state index contributed by atoms with van der Waals surface area (Å²) in [5, 5.41) is 1.75. The van der Waals surface area contributed by atoms with Gasteiger partial charge in [0.2, 0.25) is 0 Å². The standard InChI is InChI=1S/C12H12BrNO2S2/c1-9(10-4-2-5-11(13)8-10)14-18(15,16)12-6-3-7-17-12/h2-9,14H,1H3. The van der Waals surface area contributed by atoms with Gasteiger partial charge >= 0.3 is 0 Å². The van der Waals surface area contributed by atoms with Crippen molar-refractivity contribution < 1.29 is 8.42 Å². The summed E-state index contributed by atoms with van der Waals surface area (Å²) in [6, 6.07) is 10.6. The maximum absolute atomic E-state index is 12.0. The summed E-state index contributed by atoms with van der Waals surface area (Å²) < 4.78 is 28.0. The molecule has 0 saturated heterocycles. The molecule has 0 saturated carbocycles. The van der Waals surface area contributed by atoms with E-state index in [2.05, 4.69) is 20.7 Å². The Labute approximate surface area is 119 Å². The highest BCUT2D eigenvalue weighted by atomic mass is 79.9. The second-order valence-electron chi connectivity index (χ2n) is 3.83. The van der Waals surface area contributed by atoms with Gasteiger partial charge in [-0.2, -0.15) is 0 Å². The van der Waals surface area contributed by atoms with E-state index in [1.54, 1.807) is 17.5 Å². The van der Waals surface area contributed by atoms with Gasteiger partial charge in [0.1, 0.15) is 4.21 Å². The molecule has 0 radical (unpaired) electrons. The van der Waals surface area contributed by atoms with Gasteiger partial charge in [0.15, 0.2) is 0 Å². The maximum Gasteiger partial charge on any atom is 0.250 e. The smallest absolute Gasteiger partial charge is 0.206 e. The summed E-state index contributed by atoms with van der Waals surface area (Å²) >= 11 is 4.58. The zero-order valence-electron chi connectivity index (χ0n) is 9.63. The summed E-state index contributed by atoms with van der Waals surface area (Å²) in [4.78, 5) is 0. The third kappa shape index (κ3) is 3.20. The van der Waals surface area contributed by atoms with E-state index < -0.39 is 10.0 Å². The first-order valence-corrected chi connectivity index (χ1v) is 8.46. The van der Waals surface area contributed by atoms with Gasteiger partial charge < -0.3 is 0 Å². The molecule has 0 amide bonds. The Hall–Kier alpha value is -0.690. The van der Waals surface area contributed by atoms with Crippen molar-refractivity contribution in [1.29, 1.82) is 0 Å². The molecule has 0 aliphatic carbocycles. The number of hydrogen-bond acceptors (Lipinski definition) is 3. The monoisotopic (exact) mass is 345 g/mol. The highest BCUT2D eigenvalue weighted by Crippen LogP contribution is 2.22. The molecule has 3 nitrogen and oxygen atoms in total. The van der Waals surface area contributed by atoms with Crippen LogP contribution in [0.3, 0.4) is 0 Å². The second kappa shape index (κ2) is 5.52. The van der Waals surface area contributed by atoms with E-state index in [4.69, 9.17) is 0 Å². The summed E-state index contributed by atoms with van der Waals surface area (Å²) in [7, 11) is -3.42. The number of nitrogens with one attached hydrogen (secondary N) is 1. The molecule has 0 spiro atoms. The lowest BCUT2D eigenvalue weighted by atomic mass is 10.1. The molecule has 0 aliphatic rings. The molecule has 96 valence electrons. The molecule has 2 aromatic rings. The van der Waals surface area contributed by atoms with E-state index in [0.717, 1.165) is 10.0 Å². The molecular formula is C12H12BrNO2S2. The molecule has 1 atom stereocenters. The van der Waals surface area contributed by atoms with E-state index in [1.807, 2.05) is 31.2 Å². The van der Waals surface area contributed by atoms with Crippen molar-refractivity contribution in [2.45, 2.75) is 17.2 Å². The Morgan fingerprint density at radius 1 is 1.28 bits per heavy atom. The van der Waals surface area contributed by atoms with Crippen molar-refractivity contribution in [2.24, 2.45) is 0 Å². The van der Waals surface area contributed by atoms with E-state index in [1.165, 1.54) is 11.3 Å².